The molecule has 0 radical (unpaired) electrons. The molecule has 3 rings (SSSR count). The molecule has 0 atom stereocenters. The predicted molar refractivity (Wildman–Crippen MR) is 99.0 cm³/mol. The maximum atomic E-state index is 12.9. The molecule has 1 aliphatic carbocycles. The van der Waals surface area contributed by atoms with Crippen LogP contribution < -0.4 is 10.6 Å². The molecule has 0 spiro atoms. The fourth-order valence-corrected chi connectivity index (χ4v) is 4.30. The van der Waals surface area contributed by atoms with E-state index in [0.29, 0.717) is 23.7 Å². The smallest absolute Gasteiger partial charge is 0.341 e. The summed E-state index contributed by atoms with van der Waals surface area (Å²) >= 11 is 1.46. The van der Waals surface area contributed by atoms with Crippen LogP contribution in [0.4, 0.5) is 9.39 Å². The first-order valence-electron chi connectivity index (χ1n) is 8.65. The highest BCUT2D eigenvalue weighted by Crippen LogP contribution is 2.39. The number of amides is 1. The van der Waals surface area contributed by atoms with E-state index < -0.39 is 0 Å². The number of nitrogens with one attached hydrogen (secondary N) is 2. The topological polar surface area (TPSA) is 67.4 Å². The quantitative estimate of drug-likeness (QED) is 0.728. The Bertz CT molecular complexity index is 802. The van der Waals surface area contributed by atoms with Crippen LogP contribution in [0.25, 0.3) is 0 Å². The van der Waals surface area contributed by atoms with Gasteiger partial charge in [0, 0.05) is 11.4 Å². The molecule has 1 aliphatic rings. The van der Waals surface area contributed by atoms with Crippen LogP contribution in [-0.4, -0.2) is 25.0 Å². The lowest BCUT2D eigenvalue weighted by Gasteiger charge is -2.09. The van der Waals surface area contributed by atoms with Gasteiger partial charge in [-0.3, -0.25) is 4.79 Å². The summed E-state index contributed by atoms with van der Waals surface area (Å²) in [6, 6.07) is 6.11. The number of rotatable bonds is 7. The Morgan fingerprint density at radius 1 is 1.23 bits per heavy atom. The van der Waals surface area contributed by atoms with Gasteiger partial charge in [-0.15, -0.1) is 11.3 Å². The number of esters is 1. The molecule has 5 nitrogen and oxygen atoms in total. The molecule has 26 heavy (non-hydrogen) atoms. The third-order valence-electron chi connectivity index (χ3n) is 4.18. The van der Waals surface area contributed by atoms with Gasteiger partial charge in [0.2, 0.25) is 5.91 Å². The molecule has 0 bridgehead atoms. The monoisotopic (exact) mass is 376 g/mol. The van der Waals surface area contributed by atoms with E-state index >= 15 is 0 Å². The second-order valence-electron chi connectivity index (χ2n) is 6.06. The van der Waals surface area contributed by atoms with Crippen molar-refractivity contribution in [2.24, 2.45) is 0 Å². The Morgan fingerprint density at radius 3 is 2.73 bits per heavy atom. The maximum absolute atomic E-state index is 12.9. The van der Waals surface area contributed by atoms with E-state index in [0.717, 1.165) is 35.3 Å². The Kier molecular flexibility index (Phi) is 6.00. The molecule has 138 valence electrons. The van der Waals surface area contributed by atoms with Gasteiger partial charge in [-0.05, 0) is 49.4 Å². The largest absolute Gasteiger partial charge is 0.462 e. The number of benzene rings is 1. The summed E-state index contributed by atoms with van der Waals surface area (Å²) in [4.78, 5) is 25.7. The number of carbonyl (C=O) groups excluding carboxylic acids is 2. The van der Waals surface area contributed by atoms with E-state index in [1.807, 2.05) is 0 Å². The van der Waals surface area contributed by atoms with Crippen LogP contribution in [0.2, 0.25) is 0 Å². The normalized spacial score (nSPS) is 12.7. The van der Waals surface area contributed by atoms with Crippen LogP contribution in [0, 0.1) is 5.82 Å². The van der Waals surface area contributed by atoms with Gasteiger partial charge in [-0.1, -0.05) is 12.1 Å². The molecule has 1 aromatic heterocycles. The number of fused-ring (bicyclic) bond motifs is 1. The fourth-order valence-electron chi connectivity index (χ4n) is 3.00. The van der Waals surface area contributed by atoms with Crippen molar-refractivity contribution in [2.75, 3.05) is 18.5 Å². The lowest BCUT2D eigenvalue weighted by molar-refractivity contribution is -0.115. The van der Waals surface area contributed by atoms with Crippen molar-refractivity contribution in [3.8, 4) is 0 Å². The molecule has 1 aromatic carbocycles. The average molecular weight is 376 g/mol. The molecular weight excluding hydrogens is 355 g/mol. The van der Waals surface area contributed by atoms with Crippen molar-refractivity contribution >= 4 is 28.2 Å². The zero-order chi connectivity index (χ0) is 18.5. The van der Waals surface area contributed by atoms with E-state index in [1.165, 1.54) is 23.5 Å². The van der Waals surface area contributed by atoms with Gasteiger partial charge in [-0.2, -0.15) is 0 Å². The summed E-state index contributed by atoms with van der Waals surface area (Å²) in [5.74, 6) is -0.886. The van der Waals surface area contributed by atoms with Gasteiger partial charge in [0.25, 0.3) is 0 Å². The summed E-state index contributed by atoms with van der Waals surface area (Å²) in [6.45, 7) is 2.62. The second kappa shape index (κ2) is 8.42. The third-order valence-corrected chi connectivity index (χ3v) is 5.39. The highest BCUT2D eigenvalue weighted by atomic mass is 32.1. The number of anilines is 1. The van der Waals surface area contributed by atoms with Crippen LogP contribution in [0.15, 0.2) is 24.3 Å². The van der Waals surface area contributed by atoms with E-state index in [9.17, 15) is 14.0 Å². The third kappa shape index (κ3) is 4.28. The molecule has 0 saturated carbocycles. The molecule has 0 unspecified atom stereocenters. The van der Waals surface area contributed by atoms with E-state index in [1.54, 1.807) is 19.1 Å². The maximum Gasteiger partial charge on any atom is 0.341 e. The molecular formula is C19H21FN2O3S. The molecule has 1 amide bonds. The van der Waals surface area contributed by atoms with Gasteiger partial charge in [0.05, 0.1) is 18.7 Å². The number of aryl methyl sites for hydroxylation is 1. The molecule has 2 aromatic rings. The molecule has 1 heterocycles. The minimum atomic E-state index is -0.374. The lowest BCUT2D eigenvalue weighted by Crippen LogP contribution is -2.28. The van der Waals surface area contributed by atoms with Gasteiger partial charge >= 0.3 is 5.97 Å². The summed E-state index contributed by atoms with van der Waals surface area (Å²) < 4.78 is 18.0. The zero-order valence-electron chi connectivity index (χ0n) is 14.6. The van der Waals surface area contributed by atoms with Gasteiger partial charge in [0.1, 0.15) is 10.8 Å². The van der Waals surface area contributed by atoms with E-state index in [-0.39, 0.29) is 24.2 Å². The highest BCUT2D eigenvalue weighted by Gasteiger charge is 2.28. The average Bonchev–Trinajstić information content (AvgIpc) is 3.17. The van der Waals surface area contributed by atoms with Crippen molar-refractivity contribution in [1.29, 1.82) is 0 Å². The van der Waals surface area contributed by atoms with Gasteiger partial charge < -0.3 is 15.4 Å². The number of carbonyl (C=O) groups is 2. The Hall–Kier alpha value is -2.25. The molecule has 2 N–H and O–H groups in total. The van der Waals surface area contributed by atoms with Crippen LogP contribution in [0.1, 0.15) is 39.7 Å². The zero-order valence-corrected chi connectivity index (χ0v) is 15.4. The van der Waals surface area contributed by atoms with Crippen molar-refractivity contribution in [3.05, 3.63) is 51.7 Å². The molecule has 7 heteroatoms. The number of halogens is 1. The first kappa shape index (κ1) is 18.5. The Morgan fingerprint density at radius 2 is 2.00 bits per heavy atom. The Labute approximate surface area is 155 Å². The number of ether oxygens (including phenoxy) is 1. The fraction of sp³-hybridized carbons (Fsp3) is 0.368. The lowest BCUT2D eigenvalue weighted by atomic mass is 10.1. The van der Waals surface area contributed by atoms with Crippen LogP contribution in [0.5, 0.6) is 0 Å². The summed E-state index contributed by atoms with van der Waals surface area (Å²) in [7, 11) is 0. The van der Waals surface area contributed by atoms with Crippen molar-refractivity contribution in [1.82, 2.24) is 5.32 Å². The van der Waals surface area contributed by atoms with Crippen molar-refractivity contribution < 1.29 is 18.7 Å². The molecule has 0 aliphatic heterocycles. The van der Waals surface area contributed by atoms with E-state index in [2.05, 4.69) is 10.6 Å². The first-order chi connectivity index (χ1) is 12.6. The number of thiophene rings is 1. The molecule has 0 fully saturated rings. The first-order valence-corrected chi connectivity index (χ1v) is 9.46. The van der Waals surface area contributed by atoms with Crippen molar-refractivity contribution in [3.63, 3.8) is 0 Å². The van der Waals surface area contributed by atoms with Gasteiger partial charge in [0.15, 0.2) is 0 Å². The SMILES string of the molecule is CCOC(=O)c1c(NC(=O)CNCc2ccc(F)cc2)sc2c1CCC2. The standard InChI is InChI=1S/C19H21FN2O3S/c1-2-25-19(24)17-14-4-3-5-15(14)26-18(17)22-16(23)11-21-10-12-6-8-13(20)9-7-12/h6-9,21H,2-5,10-11H2,1H3,(H,22,23). The second-order valence-corrected chi connectivity index (χ2v) is 7.17. The van der Waals surface area contributed by atoms with Crippen molar-refractivity contribution in [2.45, 2.75) is 32.7 Å². The Balaban J connectivity index is 1.60. The van der Waals surface area contributed by atoms with Crippen LogP contribution in [-0.2, 0) is 28.9 Å². The highest BCUT2D eigenvalue weighted by molar-refractivity contribution is 7.17. The summed E-state index contributed by atoms with van der Waals surface area (Å²) in [6.07, 6.45) is 2.81. The van der Waals surface area contributed by atoms with Gasteiger partial charge in [-0.25, -0.2) is 9.18 Å². The minimum Gasteiger partial charge on any atom is -0.462 e. The summed E-state index contributed by atoms with van der Waals surface area (Å²) in [5, 5.41) is 6.42. The summed E-state index contributed by atoms with van der Waals surface area (Å²) in [5.41, 5.74) is 2.42. The molecule has 0 saturated heterocycles. The number of hydrogen-bond acceptors (Lipinski definition) is 5. The van der Waals surface area contributed by atoms with Crippen LogP contribution in [0.3, 0.4) is 0 Å². The van der Waals surface area contributed by atoms with E-state index in [4.69, 9.17) is 4.74 Å². The van der Waals surface area contributed by atoms with Crippen LogP contribution >= 0.6 is 11.3 Å². The predicted octanol–water partition coefficient (Wildman–Crippen LogP) is 3.28. The number of hydrogen-bond donors (Lipinski definition) is 2. The minimum absolute atomic E-state index is 0.0994.